The number of hydrogen-bond acceptors (Lipinski definition) is 7. The zero-order valence-electron chi connectivity index (χ0n) is 20.2. The fraction of sp³-hybridized carbons (Fsp3) is 0.560. The van der Waals surface area contributed by atoms with E-state index in [1.807, 2.05) is 6.07 Å². The van der Waals surface area contributed by atoms with Gasteiger partial charge in [0.1, 0.15) is 11.6 Å². The molecule has 1 saturated carbocycles. The molecule has 0 radical (unpaired) electrons. The Kier molecular flexibility index (Phi) is 5.93. The maximum Gasteiger partial charge on any atom is 0.259 e. The normalized spacial score (nSPS) is 20.6. The summed E-state index contributed by atoms with van der Waals surface area (Å²) in [6.07, 6.45) is 4.34. The molecule has 1 aromatic carbocycles. The van der Waals surface area contributed by atoms with Crippen molar-refractivity contribution >= 4 is 29.0 Å². The highest BCUT2D eigenvalue weighted by Gasteiger charge is 2.44. The number of carbonyl (C=O) groups excluding carboxylic acids is 1. The van der Waals surface area contributed by atoms with Crippen LogP contribution in [-0.2, 0) is 0 Å². The van der Waals surface area contributed by atoms with Crippen molar-refractivity contribution in [3.8, 4) is 5.75 Å². The van der Waals surface area contributed by atoms with Crippen molar-refractivity contribution in [2.45, 2.75) is 51.4 Å². The summed E-state index contributed by atoms with van der Waals surface area (Å²) in [5.41, 5.74) is 9.07. The van der Waals surface area contributed by atoms with E-state index in [0.717, 1.165) is 31.6 Å². The average Bonchev–Trinajstić information content (AvgIpc) is 3.57. The van der Waals surface area contributed by atoms with Gasteiger partial charge in [-0.2, -0.15) is 4.98 Å². The Labute approximate surface area is 203 Å². The lowest BCUT2D eigenvalue weighted by Gasteiger charge is -2.35. The fourth-order valence-corrected chi connectivity index (χ4v) is 5.08. The van der Waals surface area contributed by atoms with Crippen molar-refractivity contribution in [3.63, 3.8) is 0 Å². The van der Waals surface area contributed by atoms with Gasteiger partial charge >= 0.3 is 0 Å². The van der Waals surface area contributed by atoms with Crippen LogP contribution < -0.4 is 25.6 Å². The van der Waals surface area contributed by atoms with Gasteiger partial charge in [0.2, 0.25) is 5.95 Å². The number of aromatic nitrogens is 2. The summed E-state index contributed by atoms with van der Waals surface area (Å²) < 4.78 is 32.6. The van der Waals surface area contributed by atoms with E-state index in [2.05, 4.69) is 20.2 Å². The Morgan fingerprint density at radius 3 is 2.29 bits per heavy atom. The zero-order valence-corrected chi connectivity index (χ0v) is 20.2. The Balaban J connectivity index is 1.39. The number of amides is 1. The van der Waals surface area contributed by atoms with Crippen LogP contribution >= 0.6 is 0 Å². The van der Waals surface area contributed by atoms with Crippen LogP contribution in [0.1, 0.15) is 54.6 Å². The predicted octanol–water partition coefficient (Wildman–Crippen LogP) is 4.24. The first-order valence-corrected chi connectivity index (χ1v) is 12.2. The molecule has 0 atom stereocenters. The second kappa shape index (κ2) is 8.80. The monoisotopic (exact) mass is 486 g/mol. The molecule has 3 N–H and O–H groups in total. The molecule has 1 aliphatic carbocycles. The Hall–Kier alpha value is -3.17. The van der Waals surface area contributed by atoms with Crippen LogP contribution in [-0.4, -0.2) is 55.1 Å². The van der Waals surface area contributed by atoms with Crippen molar-refractivity contribution in [2.24, 2.45) is 5.41 Å². The zero-order chi connectivity index (χ0) is 24.8. The quantitative estimate of drug-likeness (QED) is 0.610. The van der Waals surface area contributed by atoms with E-state index in [9.17, 15) is 13.6 Å². The molecule has 1 aromatic heterocycles. The molecular formula is C25H32F2N6O2. The summed E-state index contributed by atoms with van der Waals surface area (Å²) >= 11 is 0. The number of carbonyl (C=O) groups is 1. The van der Waals surface area contributed by atoms with E-state index >= 15 is 0 Å². The summed E-state index contributed by atoms with van der Waals surface area (Å²) in [7, 11) is 1.52. The van der Waals surface area contributed by atoms with Crippen molar-refractivity contribution < 1.29 is 18.3 Å². The summed E-state index contributed by atoms with van der Waals surface area (Å²) in [5.74, 6) is -1.89. The lowest BCUT2D eigenvalue weighted by molar-refractivity contribution is -0.0222. The van der Waals surface area contributed by atoms with Crippen molar-refractivity contribution in [3.05, 3.63) is 29.5 Å². The summed E-state index contributed by atoms with van der Waals surface area (Å²) in [4.78, 5) is 26.3. The summed E-state index contributed by atoms with van der Waals surface area (Å²) in [6.45, 7) is 3.88. The number of aryl methyl sites for hydroxylation is 1. The molecule has 1 spiro atoms. The molecule has 2 saturated heterocycles. The van der Waals surface area contributed by atoms with E-state index in [4.69, 9.17) is 10.5 Å². The third-order valence-corrected chi connectivity index (χ3v) is 7.58. The molecule has 35 heavy (non-hydrogen) atoms. The largest absolute Gasteiger partial charge is 0.495 e. The number of ether oxygens (including phenoxy) is 1. The summed E-state index contributed by atoms with van der Waals surface area (Å²) in [5, 5.41) is 2.89. The number of alkyl halides is 2. The molecule has 0 unspecified atom stereocenters. The van der Waals surface area contributed by atoms with Gasteiger partial charge in [0, 0.05) is 50.8 Å². The molecule has 3 heterocycles. The van der Waals surface area contributed by atoms with Gasteiger partial charge in [-0.15, -0.1) is 0 Å². The number of halogens is 2. The second-order valence-electron chi connectivity index (χ2n) is 10.1. The van der Waals surface area contributed by atoms with E-state index in [1.54, 1.807) is 24.0 Å². The number of nitrogens with one attached hydrogen (secondary N) is 1. The van der Waals surface area contributed by atoms with Crippen LogP contribution in [0.5, 0.6) is 5.75 Å². The van der Waals surface area contributed by atoms with Gasteiger partial charge < -0.3 is 25.6 Å². The molecule has 5 rings (SSSR count). The highest BCUT2D eigenvalue weighted by atomic mass is 19.3. The number of nitrogens with zero attached hydrogens (tertiary/aromatic N) is 4. The van der Waals surface area contributed by atoms with Crippen LogP contribution in [0.15, 0.2) is 18.2 Å². The van der Waals surface area contributed by atoms with Crippen LogP contribution in [0.2, 0.25) is 0 Å². The molecule has 2 aromatic rings. The van der Waals surface area contributed by atoms with Crippen LogP contribution in [0.25, 0.3) is 0 Å². The van der Waals surface area contributed by atoms with E-state index < -0.39 is 5.92 Å². The van der Waals surface area contributed by atoms with E-state index in [0.29, 0.717) is 39.9 Å². The third kappa shape index (κ3) is 4.97. The molecular weight excluding hydrogens is 454 g/mol. The number of nitrogen functional groups attached to an aromatic ring is 1. The minimum absolute atomic E-state index is 0.166. The van der Waals surface area contributed by atoms with Gasteiger partial charge in [-0.25, -0.2) is 13.8 Å². The smallest absolute Gasteiger partial charge is 0.259 e. The van der Waals surface area contributed by atoms with Gasteiger partial charge in [-0.1, -0.05) is 0 Å². The fourth-order valence-electron chi connectivity index (χ4n) is 5.08. The second-order valence-corrected chi connectivity index (χ2v) is 10.1. The van der Waals surface area contributed by atoms with Gasteiger partial charge in [0.25, 0.3) is 11.8 Å². The lowest BCUT2D eigenvalue weighted by Crippen LogP contribution is -2.40. The molecule has 188 valence electrons. The van der Waals surface area contributed by atoms with E-state index in [1.165, 1.54) is 20.0 Å². The minimum atomic E-state index is -2.66. The van der Waals surface area contributed by atoms with Gasteiger partial charge in [-0.3, -0.25) is 4.79 Å². The minimum Gasteiger partial charge on any atom is -0.495 e. The Bertz CT molecular complexity index is 1120. The van der Waals surface area contributed by atoms with Crippen LogP contribution in [0.3, 0.4) is 0 Å². The van der Waals surface area contributed by atoms with Crippen LogP contribution in [0, 0.1) is 12.3 Å². The van der Waals surface area contributed by atoms with E-state index in [-0.39, 0.29) is 31.8 Å². The highest BCUT2D eigenvalue weighted by molar-refractivity contribution is 6.08. The number of benzene rings is 1. The SMILES string of the molecule is COc1cc(C(=O)Nc2cc(C)nc(N3CCC(F)(F)CC3)n2)c(N2CCC3(CC2)CC3)cc1N. The van der Waals surface area contributed by atoms with Gasteiger partial charge in [-0.05, 0) is 50.2 Å². The van der Waals surface area contributed by atoms with Crippen molar-refractivity contribution in [1.82, 2.24) is 9.97 Å². The number of methoxy groups -OCH3 is 1. The van der Waals surface area contributed by atoms with Gasteiger partial charge in [0.05, 0.1) is 24.0 Å². The predicted molar refractivity (Wildman–Crippen MR) is 132 cm³/mol. The Morgan fingerprint density at radius 1 is 1.00 bits per heavy atom. The third-order valence-electron chi connectivity index (χ3n) is 7.58. The topological polar surface area (TPSA) is 96.6 Å². The van der Waals surface area contributed by atoms with Gasteiger partial charge in [0.15, 0.2) is 0 Å². The molecule has 3 aliphatic rings. The molecule has 0 bridgehead atoms. The highest BCUT2D eigenvalue weighted by Crippen LogP contribution is 2.54. The van der Waals surface area contributed by atoms with Crippen LogP contribution in [0.4, 0.5) is 31.9 Å². The van der Waals surface area contributed by atoms with Crippen molar-refractivity contribution in [2.75, 3.05) is 54.1 Å². The molecule has 2 aliphatic heterocycles. The standard InChI is InChI=1S/C25H32F2N6O2/c1-16-13-21(31-23(29-16)33-11-7-25(26,27)8-12-33)30-22(34)17-14-20(35-2)18(28)15-19(17)32-9-5-24(3-4-24)6-10-32/h13-15H,3-12,28H2,1-2H3,(H,29,30,31,34). The lowest BCUT2D eigenvalue weighted by atomic mass is 9.93. The molecule has 3 fully saturated rings. The number of hydrogen-bond donors (Lipinski definition) is 2. The number of rotatable bonds is 5. The molecule has 8 nitrogen and oxygen atoms in total. The first-order valence-electron chi connectivity index (χ1n) is 12.2. The molecule has 1 amide bonds. The first-order chi connectivity index (χ1) is 16.7. The first kappa shape index (κ1) is 23.6. The molecule has 10 heteroatoms. The average molecular weight is 487 g/mol. The number of nitrogens with two attached hydrogens (primary N) is 1. The van der Waals surface area contributed by atoms with Crippen molar-refractivity contribution in [1.29, 1.82) is 0 Å². The maximum atomic E-state index is 13.6. The maximum absolute atomic E-state index is 13.6. The number of piperidine rings is 2. The number of anilines is 4. The Morgan fingerprint density at radius 2 is 1.66 bits per heavy atom. The summed E-state index contributed by atoms with van der Waals surface area (Å²) in [6, 6.07) is 5.15.